The summed E-state index contributed by atoms with van der Waals surface area (Å²) in [5.41, 5.74) is 4.22. The highest BCUT2D eigenvalue weighted by molar-refractivity contribution is 5.39. The minimum atomic E-state index is 0.484. The summed E-state index contributed by atoms with van der Waals surface area (Å²) in [4.78, 5) is 5.23. The average molecular weight is 369 g/mol. The first kappa shape index (κ1) is 18.7. The summed E-state index contributed by atoms with van der Waals surface area (Å²) in [6.07, 6.45) is 8.24. The first-order valence-electron chi connectivity index (χ1n) is 10.2. The Labute approximate surface area is 162 Å². The fraction of sp³-hybridized carbons (Fsp3) is 0.591. The first-order valence-corrected chi connectivity index (χ1v) is 10.2. The molecule has 1 spiro atoms. The molecule has 2 fully saturated rings. The summed E-state index contributed by atoms with van der Waals surface area (Å²) in [5, 5.41) is 4.61. The van der Waals surface area contributed by atoms with E-state index in [0.29, 0.717) is 5.41 Å². The van der Waals surface area contributed by atoms with Crippen LogP contribution in [0.2, 0.25) is 0 Å². The zero-order valence-electron chi connectivity index (χ0n) is 16.7. The molecule has 5 nitrogen and oxygen atoms in total. The Morgan fingerprint density at radius 2 is 1.96 bits per heavy atom. The van der Waals surface area contributed by atoms with Crippen molar-refractivity contribution >= 4 is 0 Å². The molecule has 3 heterocycles. The van der Waals surface area contributed by atoms with Gasteiger partial charge in [0.05, 0.1) is 18.5 Å². The van der Waals surface area contributed by atoms with Crippen molar-refractivity contribution in [2.45, 2.75) is 32.7 Å². The molecule has 2 aromatic rings. The van der Waals surface area contributed by atoms with Crippen molar-refractivity contribution in [2.24, 2.45) is 5.41 Å². The number of aryl methyl sites for hydroxylation is 1. The van der Waals surface area contributed by atoms with Gasteiger partial charge in [-0.3, -0.25) is 4.90 Å². The Balaban J connectivity index is 1.37. The third-order valence-corrected chi connectivity index (χ3v) is 6.27. The maximum Gasteiger partial charge on any atom is 0.0674 e. The van der Waals surface area contributed by atoms with Gasteiger partial charge in [-0.1, -0.05) is 18.2 Å². The van der Waals surface area contributed by atoms with Crippen LogP contribution in [-0.2, 0) is 11.3 Å². The quantitative estimate of drug-likeness (QED) is 0.784. The number of aromatic nitrogens is 2. The molecule has 27 heavy (non-hydrogen) atoms. The molecule has 0 aliphatic carbocycles. The molecule has 2 aliphatic rings. The van der Waals surface area contributed by atoms with Gasteiger partial charge in [-0.2, -0.15) is 5.10 Å². The van der Waals surface area contributed by atoms with Crippen LogP contribution in [0.4, 0.5) is 0 Å². The molecule has 0 amide bonds. The smallest absolute Gasteiger partial charge is 0.0674 e. The molecule has 2 aliphatic heterocycles. The summed E-state index contributed by atoms with van der Waals surface area (Å²) in [7, 11) is 1.80. The second-order valence-electron chi connectivity index (χ2n) is 8.41. The molecule has 2 saturated heterocycles. The van der Waals surface area contributed by atoms with Crippen LogP contribution in [0, 0.1) is 12.3 Å². The van der Waals surface area contributed by atoms with Crippen LogP contribution in [-0.4, -0.2) is 66.0 Å². The summed E-state index contributed by atoms with van der Waals surface area (Å²) in [6, 6.07) is 8.42. The van der Waals surface area contributed by atoms with Gasteiger partial charge < -0.3 is 9.64 Å². The van der Waals surface area contributed by atoms with Gasteiger partial charge in [0.2, 0.25) is 0 Å². The number of piperidine rings is 1. The van der Waals surface area contributed by atoms with Crippen molar-refractivity contribution < 1.29 is 4.74 Å². The van der Waals surface area contributed by atoms with Crippen LogP contribution < -0.4 is 0 Å². The highest BCUT2D eigenvalue weighted by atomic mass is 16.5. The molecule has 0 radical (unpaired) electrons. The van der Waals surface area contributed by atoms with Crippen LogP contribution >= 0.6 is 0 Å². The van der Waals surface area contributed by atoms with E-state index in [0.717, 1.165) is 19.7 Å². The van der Waals surface area contributed by atoms with Crippen molar-refractivity contribution in [1.29, 1.82) is 0 Å². The molecule has 146 valence electrons. The number of ether oxygens (including phenoxy) is 1. The predicted octanol–water partition coefficient (Wildman–Crippen LogP) is 3.12. The van der Waals surface area contributed by atoms with Crippen molar-refractivity contribution in [3.05, 3.63) is 47.8 Å². The average Bonchev–Trinajstić information content (AvgIpc) is 3.28. The van der Waals surface area contributed by atoms with E-state index in [1.165, 1.54) is 62.3 Å². The van der Waals surface area contributed by atoms with Gasteiger partial charge in [0, 0.05) is 45.0 Å². The van der Waals surface area contributed by atoms with Crippen LogP contribution in [0.3, 0.4) is 0 Å². The van der Waals surface area contributed by atoms with Crippen LogP contribution in [0.15, 0.2) is 36.7 Å². The maximum atomic E-state index is 5.28. The Kier molecular flexibility index (Phi) is 5.62. The van der Waals surface area contributed by atoms with E-state index in [4.69, 9.17) is 4.74 Å². The molecule has 1 aromatic carbocycles. The lowest BCUT2D eigenvalue weighted by Crippen LogP contribution is -2.45. The number of hydrogen-bond donors (Lipinski definition) is 0. The normalized spacial score (nSPS) is 24.1. The fourth-order valence-electron chi connectivity index (χ4n) is 4.87. The molecule has 1 aromatic heterocycles. The number of nitrogens with zero attached hydrogens (tertiary/aromatic N) is 4. The molecule has 4 rings (SSSR count). The fourth-order valence-corrected chi connectivity index (χ4v) is 4.87. The second kappa shape index (κ2) is 8.13. The van der Waals surface area contributed by atoms with Gasteiger partial charge in [-0.15, -0.1) is 0 Å². The van der Waals surface area contributed by atoms with Crippen molar-refractivity contribution in [2.75, 3.05) is 46.4 Å². The van der Waals surface area contributed by atoms with Crippen LogP contribution in [0.1, 0.15) is 30.4 Å². The van der Waals surface area contributed by atoms with E-state index in [1.54, 1.807) is 7.11 Å². The van der Waals surface area contributed by atoms with E-state index in [-0.39, 0.29) is 0 Å². The summed E-state index contributed by atoms with van der Waals surface area (Å²) in [6.45, 7) is 9.94. The Hall–Kier alpha value is -1.69. The van der Waals surface area contributed by atoms with Gasteiger partial charge >= 0.3 is 0 Å². The molecule has 0 saturated carbocycles. The number of rotatable bonds is 6. The summed E-state index contributed by atoms with van der Waals surface area (Å²) >= 11 is 0. The molecule has 5 heteroatoms. The standard InChI is InChI=1S/C22H32N4O/c1-19-6-3-4-7-21(19)26-16-20(14-23-26)15-25-11-9-22(18-25)8-5-10-24(17-22)12-13-27-2/h3-4,6-7,14,16H,5,8-13,15,17-18H2,1-2H3. The lowest BCUT2D eigenvalue weighted by molar-refractivity contribution is 0.0673. The monoisotopic (exact) mass is 368 g/mol. The number of likely N-dealkylation sites (tertiary alicyclic amines) is 2. The maximum absolute atomic E-state index is 5.28. The molecule has 0 N–H and O–H groups in total. The van der Waals surface area contributed by atoms with Crippen molar-refractivity contribution in [3.63, 3.8) is 0 Å². The Bertz CT molecular complexity index is 758. The Morgan fingerprint density at radius 1 is 1.11 bits per heavy atom. The third kappa shape index (κ3) is 4.26. The van der Waals surface area contributed by atoms with Gasteiger partial charge in [0.25, 0.3) is 0 Å². The van der Waals surface area contributed by atoms with E-state index >= 15 is 0 Å². The van der Waals surface area contributed by atoms with E-state index in [1.807, 2.05) is 10.9 Å². The number of methoxy groups -OCH3 is 1. The van der Waals surface area contributed by atoms with Gasteiger partial charge in [-0.05, 0) is 56.3 Å². The number of hydrogen-bond acceptors (Lipinski definition) is 4. The predicted molar refractivity (Wildman–Crippen MR) is 108 cm³/mol. The van der Waals surface area contributed by atoms with Gasteiger partial charge in [0.1, 0.15) is 0 Å². The molecular weight excluding hydrogens is 336 g/mol. The number of benzene rings is 1. The van der Waals surface area contributed by atoms with E-state index < -0.39 is 0 Å². The third-order valence-electron chi connectivity index (χ3n) is 6.27. The first-order chi connectivity index (χ1) is 13.2. The lowest BCUT2D eigenvalue weighted by Gasteiger charge is -2.40. The van der Waals surface area contributed by atoms with Crippen LogP contribution in [0.5, 0.6) is 0 Å². The number of para-hydroxylation sites is 1. The highest BCUT2D eigenvalue weighted by Gasteiger charge is 2.41. The zero-order valence-corrected chi connectivity index (χ0v) is 16.7. The Morgan fingerprint density at radius 3 is 2.81 bits per heavy atom. The van der Waals surface area contributed by atoms with E-state index in [9.17, 15) is 0 Å². The SMILES string of the molecule is COCCN1CCCC2(CCN(Cc3cnn(-c4ccccc4C)c3)C2)C1. The zero-order chi connectivity index (χ0) is 18.7. The molecular formula is C22H32N4O. The summed E-state index contributed by atoms with van der Waals surface area (Å²) in [5.74, 6) is 0. The van der Waals surface area contributed by atoms with Crippen molar-refractivity contribution in [3.8, 4) is 5.69 Å². The van der Waals surface area contributed by atoms with Crippen LogP contribution in [0.25, 0.3) is 5.69 Å². The molecule has 1 atom stereocenters. The highest BCUT2D eigenvalue weighted by Crippen LogP contribution is 2.39. The van der Waals surface area contributed by atoms with Gasteiger partial charge in [0.15, 0.2) is 0 Å². The largest absolute Gasteiger partial charge is 0.383 e. The van der Waals surface area contributed by atoms with E-state index in [2.05, 4.69) is 52.3 Å². The second-order valence-corrected chi connectivity index (χ2v) is 8.41. The van der Waals surface area contributed by atoms with Crippen molar-refractivity contribution in [1.82, 2.24) is 19.6 Å². The van der Waals surface area contributed by atoms with Gasteiger partial charge in [-0.25, -0.2) is 4.68 Å². The lowest BCUT2D eigenvalue weighted by atomic mass is 9.79. The minimum Gasteiger partial charge on any atom is -0.383 e. The molecule has 0 bridgehead atoms. The minimum absolute atomic E-state index is 0.484. The summed E-state index contributed by atoms with van der Waals surface area (Å²) < 4.78 is 7.30. The molecule has 1 unspecified atom stereocenters. The topological polar surface area (TPSA) is 33.5 Å².